The fourth-order valence-electron chi connectivity index (χ4n) is 5.24. The zero-order valence-electron chi connectivity index (χ0n) is 19.6. The summed E-state index contributed by atoms with van der Waals surface area (Å²) in [4.78, 5) is 2.55. The van der Waals surface area contributed by atoms with Gasteiger partial charge in [-0.2, -0.15) is 4.31 Å². The molecule has 0 amide bonds. The van der Waals surface area contributed by atoms with Crippen molar-refractivity contribution in [3.8, 4) is 17.6 Å². The van der Waals surface area contributed by atoms with Gasteiger partial charge in [-0.1, -0.05) is 30.0 Å². The predicted molar refractivity (Wildman–Crippen MR) is 131 cm³/mol. The first kappa shape index (κ1) is 23.4. The smallest absolute Gasteiger partial charge is 0.243 e. The van der Waals surface area contributed by atoms with Gasteiger partial charge in [-0.05, 0) is 62.1 Å². The van der Waals surface area contributed by atoms with Crippen LogP contribution in [0.5, 0.6) is 5.75 Å². The molecule has 34 heavy (non-hydrogen) atoms. The number of methoxy groups -OCH3 is 1. The van der Waals surface area contributed by atoms with E-state index in [0.717, 1.165) is 30.5 Å². The van der Waals surface area contributed by atoms with Gasteiger partial charge in [-0.15, -0.1) is 0 Å². The van der Waals surface area contributed by atoms with Crippen molar-refractivity contribution in [2.24, 2.45) is 5.92 Å². The van der Waals surface area contributed by atoms with Gasteiger partial charge >= 0.3 is 0 Å². The fraction of sp³-hybridized carbons (Fsp3) is 0.481. The van der Waals surface area contributed by atoms with Crippen molar-refractivity contribution in [2.75, 3.05) is 33.4 Å². The summed E-state index contributed by atoms with van der Waals surface area (Å²) in [5.74, 6) is 7.72. The maximum absolute atomic E-state index is 13.6. The molecule has 2 heterocycles. The van der Waals surface area contributed by atoms with Crippen molar-refractivity contribution in [3.05, 3.63) is 59.7 Å². The molecule has 3 fully saturated rings. The summed E-state index contributed by atoms with van der Waals surface area (Å²) in [6.45, 7) is 1.84. The van der Waals surface area contributed by atoms with Crippen molar-refractivity contribution in [3.63, 3.8) is 0 Å². The van der Waals surface area contributed by atoms with Crippen molar-refractivity contribution in [2.45, 2.75) is 48.6 Å². The van der Waals surface area contributed by atoms with E-state index in [9.17, 15) is 13.5 Å². The largest absolute Gasteiger partial charge is 0.497 e. The Bertz CT molecular complexity index is 1180. The minimum atomic E-state index is -3.66. The molecule has 0 aromatic heterocycles. The maximum Gasteiger partial charge on any atom is 0.243 e. The molecule has 3 aliphatic rings. The van der Waals surface area contributed by atoms with E-state index in [1.54, 1.807) is 28.6 Å². The minimum Gasteiger partial charge on any atom is -0.497 e. The van der Waals surface area contributed by atoms with E-state index in [-0.39, 0.29) is 29.5 Å². The van der Waals surface area contributed by atoms with Crippen LogP contribution in [0.15, 0.2) is 53.4 Å². The van der Waals surface area contributed by atoms with Gasteiger partial charge in [-0.3, -0.25) is 4.90 Å². The van der Waals surface area contributed by atoms with Gasteiger partial charge in [0.15, 0.2) is 0 Å². The number of benzene rings is 2. The van der Waals surface area contributed by atoms with Gasteiger partial charge in [0.05, 0.1) is 18.6 Å². The Morgan fingerprint density at radius 1 is 1.09 bits per heavy atom. The SMILES string of the molecule is COc1cccc(S(=O)(=O)N2CCCCN3[C@H](CO)[C@@H](c4ccc(C#CC5CC5)cc4)[C@@H]3C2)c1. The van der Waals surface area contributed by atoms with Crippen LogP contribution < -0.4 is 4.74 Å². The molecule has 2 aromatic carbocycles. The summed E-state index contributed by atoms with van der Waals surface area (Å²) in [6, 6.07) is 15.0. The molecule has 2 saturated heterocycles. The standard InChI is InChI=1S/C27H32N2O4S/c1-33-23-5-4-6-24(17-23)34(31,32)28-15-2-3-16-29-25(18-28)27(26(29)19-30)22-13-11-21(12-14-22)10-9-20-7-8-20/h4-6,11-14,17,20,25-27,30H,2-3,7-8,15-16,18-19H2,1H3/t25-,26+,27-/m0/s1. The number of aliphatic hydroxyl groups is 1. The number of rotatable bonds is 5. The summed E-state index contributed by atoms with van der Waals surface area (Å²) in [5, 5.41) is 10.2. The molecule has 0 radical (unpaired) electrons. The average Bonchev–Trinajstić information content (AvgIpc) is 3.67. The molecule has 0 bridgehead atoms. The van der Waals surface area contributed by atoms with Gasteiger partial charge in [0, 0.05) is 48.6 Å². The topological polar surface area (TPSA) is 70.1 Å². The van der Waals surface area contributed by atoms with Crippen LogP contribution in [0, 0.1) is 17.8 Å². The molecule has 5 rings (SSSR count). The summed E-state index contributed by atoms with van der Waals surface area (Å²) < 4.78 is 34.0. The Hall–Kier alpha value is -2.37. The molecule has 7 heteroatoms. The number of fused-ring (bicyclic) bond motifs is 1. The van der Waals surface area contributed by atoms with E-state index in [4.69, 9.17) is 4.74 Å². The number of ether oxygens (including phenoxy) is 1. The number of hydrogen-bond acceptors (Lipinski definition) is 5. The molecule has 2 aliphatic heterocycles. The van der Waals surface area contributed by atoms with Gasteiger partial charge in [0.1, 0.15) is 5.75 Å². The second kappa shape index (κ2) is 9.71. The lowest BCUT2D eigenvalue weighted by Crippen LogP contribution is -2.67. The van der Waals surface area contributed by atoms with Crippen LogP contribution in [0.3, 0.4) is 0 Å². The van der Waals surface area contributed by atoms with Crippen LogP contribution in [0.2, 0.25) is 0 Å². The zero-order valence-corrected chi connectivity index (χ0v) is 20.4. The maximum atomic E-state index is 13.6. The second-order valence-electron chi connectivity index (χ2n) is 9.50. The highest BCUT2D eigenvalue weighted by Crippen LogP contribution is 2.42. The number of nitrogens with zero attached hydrogens (tertiary/aromatic N) is 2. The molecule has 3 atom stereocenters. The molecule has 1 N–H and O–H groups in total. The Labute approximate surface area is 202 Å². The molecular weight excluding hydrogens is 448 g/mol. The van der Waals surface area contributed by atoms with Crippen LogP contribution in [0.4, 0.5) is 0 Å². The Kier molecular flexibility index (Phi) is 6.67. The highest BCUT2D eigenvalue weighted by atomic mass is 32.2. The van der Waals surface area contributed by atoms with E-state index < -0.39 is 10.0 Å². The molecule has 6 nitrogen and oxygen atoms in total. The van der Waals surface area contributed by atoms with Crippen LogP contribution in [-0.2, 0) is 10.0 Å². The number of aliphatic hydroxyl groups excluding tert-OH is 1. The minimum absolute atomic E-state index is 0.00729. The number of hydrogen-bond donors (Lipinski definition) is 1. The molecule has 1 aliphatic carbocycles. The summed E-state index contributed by atoms with van der Waals surface area (Å²) >= 11 is 0. The fourth-order valence-corrected chi connectivity index (χ4v) is 6.77. The molecule has 180 valence electrons. The molecular formula is C27H32N2O4S. The van der Waals surface area contributed by atoms with Crippen LogP contribution in [0.1, 0.15) is 42.7 Å². The lowest BCUT2D eigenvalue weighted by molar-refractivity contribution is -0.0553. The highest BCUT2D eigenvalue weighted by Gasteiger charge is 2.50. The van der Waals surface area contributed by atoms with E-state index >= 15 is 0 Å². The third kappa shape index (κ3) is 4.60. The van der Waals surface area contributed by atoms with Crippen molar-refractivity contribution >= 4 is 10.0 Å². The summed E-state index contributed by atoms with van der Waals surface area (Å²) in [7, 11) is -2.12. The molecule has 1 saturated carbocycles. The third-order valence-corrected chi connectivity index (χ3v) is 9.17. The normalized spacial score (nSPS) is 25.8. The van der Waals surface area contributed by atoms with Crippen LogP contribution >= 0.6 is 0 Å². The third-order valence-electron chi connectivity index (χ3n) is 7.31. The van der Waals surface area contributed by atoms with Crippen molar-refractivity contribution in [1.82, 2.24) is 9.21 Å². The molecule has 0 spiro atoms. The Morgan fingerprint density at radius 2 is 1.85 bits per heavy atom. The lowest BCUT2D eigenvalue weighted by Gasteiger charge is -2.57. The lowest BCUT2D eigenvalue weighted by atomic mass is 9.74. The summed E-state index contributed by atoms with van der Waals surface area (Å²) in [6.07, 6.45) is 4.11. The highest BCUT2D eigenvalue weighted by molar-refractivity contribution is 7.89. The summed E-state index contributed by atoms with van der Waals surface area (Å²) in [5.41, 5.74) is 2.14. The van der Waals surface area contributed by atoms with Gasteiger partial charge in [0.25, 0.3) is 0 Å². The first-order valence-corrected chi connectivity index (χ1v) is 13.6. The zero-order chi connectivity index (χ0) is 23.7. The second-order valence-corrected chi connectivity index (χ2v) is 11.4. The van der Waals surface area contributed by atoms with E-state index in [2.05, 4.69) is 41.0 Å². The quantitative estimate of drug-likeness (QED) is 0.666. The van der Waals surface area contributed by atoms with Crippen molar-refractivity contribution < 1.29 is 18.3 Å². The molecule has 0 unspecified atom stereocenters. The van der Waals surface area contributed by atoms with E-state index in [1.165, 1.54) is 20.0 Å². The van der Waals surface area contributed by atoms with E-state index in [1.807, 2.05) is 0 Å². The monoisotopic (exact) mass is 480 g/mol. The predicted octanol–water partition coefficient (Wildman–Crippen LogP) is 3.07. The van der Waals surface area contributed by atoms with Crippen LogP contribution in [0.25, 0.3) is 0 Å². The first-order valence-electron chi connectivity index (χ1n) is 12.1. The van der Waals surface area contributed by atoms with Gasteiger partial charge in [-0.25, -0.2) is 8.42 Å². The van der Waals surface area contributed by atoms with Crippen molar-refractivity contribution in [1.29, 1.82) is 0 Å². The van der Waals surface area contributed by atoms with Crippen LogP contribution in [-0.4, -0.2) is 68.2 Å². The number of sulfonamides is 1. The Balaban J connectivity index is 1.40. The Morgan fingerprint density at radius 3 is 2.56 bits per heavy atom. The average molecular weight is 481 g/mol. The van der Waals surface area contributed by atoms with E-state index in [0.29, 0.717) is 24.8 Å². The first-order chi connectivity index (χ1) is 16.5. The van der Waals surface area contributed by atoms with Gasteiger partial charge < -0.3 is 9.84 Å². The molecule has 2 aromatic rings. The van der Waals surface area contributed by atoms with Gasteiger partial charge in [0.2, 0.25) is 10.0 Å².